The van der Waals surface area contributed by atoms with Crippen LogP contribution in [0.5, 0.6) is 0 Å². The zero-order valence-corrected chi connectivity index (χ0v) is 9.68. The van der Waals surface area contributed by atoms with Crippen molar-refractivity contribution in [3.05, 3.63) is 20.8 Å². The summed E-state index contributed by atoms with van der Waals surface area (Å²) < 4.78 is 6.40. The highest BCUT2D eigenvalue weighted by Crippen LogP contribution is 2.40. The predicted molar refractivity (Wildman–Crippen MR) is 56.5 cm³/mol. The fourth-order valence-electron chi connectivity index (χ4n) is 1.61. The molecule has 1 aromatic rings. The van der Waals surface area contributed by atoms with Crippen molar-refractivity contribution in [2.75, 3.05) is 6.61 Å². The number of halogens is 1. The van der Waals surface area contributed by atoms with Crippen LogP contribution in [0.15, 0.2) is 15.9 Å². The van der Waals surface area contributed by atoms with Crippen LogP contribution >= 0.6 is 27.3 Å². The minimum Gasteiger partial charge on any atom is -0.481 e. The molecule has 1 fully saturated rings. The first kappa shape index (κ1) is 10.1. The van der Waals surface area contributed by atoms with Gasteiger partial charge in [0.15, 0.2) is 0 Å². The number of thiophene rings is 1. The van der Waals surface area contributed by atoms with E-state index in [2.05, 4.69) is 15.9 Å². The predicted octanol–water partition coefficient (Wildman–Crippen LogP) is 2.67. The van der Waals surface area contributed by atoms with Gasteiger partial charge in [0.2, 0.25) is 0 Å². The Morgan fingerprint density at radius 1 is 1.71 bits per heavy atom. The van der Waals surface area contributed by atoms with E-state index < -0.39 is 11.9 Å². The van der Waals surface area contributed by atoms with Crippen LogP contribution in [0.3, 0.4) is 0 Å². The second kappa shape index (κ2) is 4.00. The van der Waals surface area contributed by atoms with Crippen molar-refractivity contribution in [3.8, 4) is 0 Å². The summed E-state index contributed by atoms with van der Waals surface area (Å²) in [7, 11) is 0. The molecule has 2 rings (SSSR count). The van der Waals surface area contributed by atoms with Gasteiger partial charge in [-0.05, 0) is 33.8 Å². The van der Waals surface area contributed by atoms with E-state index in [1.807, 2.05) is 11.4 Å². The van der Waals surface area contributed by atoms with E-state index in [1.165, 1.54) is 11.3 Å². The van der Waals surface area contributed by atoms with Crippen molar-refractivity contribution in [3.63, 3.8) is 0 Å². The molecular weight excluding hydrogens is 268 g/mol. The maximum Gasteiger partial charge on any atom is 0.309 e. The number of hydrogen-bond acceptors (Lipinski definition) is 3. The number of hydrogen-bond donors (Lipinski definition) is 1. The zero-order chi connectivity index (χ0) is 10.1. The van der Waals surface area contributed by atoms with E-state index in [4.69, 9.17) is 9.84 Å². The van der Waals surface area contributed by atoms with Crippen molar-refractivity contribution in [2.45, 2.75) is 12.5 Å². The lowest BCUT2D eigenvalue weighted by molar-refractivity contribution is -0.143. The largest absolute Gasteiger partial charge is 0.481 e. The Morgan fingerprint density at radius 3 is 3.07 bits per heavy atom. The van der Waals surface area contributed by atoms with Crippen molar-refractivity contribution in [2.24, 2.45) is 5.92 Å². The molecule has 2 atom stereocenters. The van der Waals surface area contributed by atoms with E-state index in [9.17, 15) is 4.79 Å². The highest BCUT2D eigenvalue weighted by Gasteiger charge is 2.36. The SMILES string of the molecule is O=C(O)C1CCOC1c1sccc1Br. The van der Waals surface area contributed by atoms with Crippen molar-refractivity contribution in [1.82, 2.24) is 0 Å². The molecule has 0 amide bonds. The quantitative estimate of drug-likeness (QED) is 0.904. The molecule has 1 aliphatic heterocycles. The molecule has 1 aliphatic rings. The van der Waals surface area contributed by atoms with Crippen molar-refractivity contribution < 1.29 is 14.6 Å². The lowest BCUT2D eigenvalue weighted by Gasteiger charge is -2.13. The summed E-state index contributed by atoms with van der Waals surface area (Å²) in [5.41, 5.74) is 0. The second-order valence-electron chi connectivity index (χ2n) is 3.16. The Balaban J connectivity index is 2.26. The van der Waals surface area contributed by atoms with Gasteiger partial charge in [-0.3, -0.25) is 4.79 Å². The molecule has 5 heteroatoms. The molecule has 2 heterocycles. The fourth-order valence-corrected chi connectivity index (χ4v) is 3.32. The number of ether oxygens (including phenoxy) is 1. The third-order valence-electron chi connectivity index (χ3n) is 2.31. The van der Waals surface area contributed by atoms with Crippen LogP contribution in [-0.2, 0) is 9.53 Å². The van der Waals surface area contributed by atoms with Crippen LogP contribution in [0.25, 0.3) is 0 Å². The number of aliphatic carboxylic acids is 1. The molecular formula is C9H9BrO3S. The molecule has 3 nitrogen and oxygen atoms in total. The van der Waals surface area contributed by atoms with Crippen LogP contribution in [-0.4, -0.2) is 17.7 Å². The van der Waals surface area contributed by atoms with Gasteiger partial charge in [-0.25, -0.2) is 0 Å². The van der Waals surface area contributed by atoms with Gasteiger partial charge < -0.3 is 9.84 Å². The Labute approximate surface area is 93.8 Å². The number of carboxylic acids is 1. The van der Waals surface area contributed by atoms with Gasteiger partial charge in [-0.15, -0.1) is 11.3 Å². The second-order valence-corrected chi connectivity index (χ2v) is 4.96. The average molecular weight is 277 g/mol. The highest BCUT2D eigenvalue weighted by molar-refractivity contribution is 9.10. The summed E-state index contributed by atoms with van der Waals surface area (Å²) in [5.74, 6) is -1.17. The van der Waals surface area contributed by atoms with E-state index >= 15 is 0 Å². The highest BCUT2D eigenvalue weighted by atomic mass is 79.9. The molecule has 1 N–H and O–H groups in total. The minimum absolute atomic E-state index is 0.276. The monoisotopic (exact) mass is 276 g/mol. The Bertz CT molecular complexity index is 350. The van der Waals surface area contributed by atoms with Gasteiger partial charge in [0.1, 0.15) is 6.10 Å². The molecule has 14 heavy (non-hydrogen) atoms. The molecule has 0 aromatic carbocycles. The molecule has 2 unspecified atom stereocenters. The summed E-state index contributed by atoms with van der Waals surface area (Å²) >= 11 is 4.92. The first-order valence-corrected chi connectivity index (χ1v) is 5.94. The molecule has 1 saturated heterocycles. The first-order valence-electron chi connectivity index (χ1n) is 4.27. The Kier molecular flexibility index (Phi) is 2.90. The van der Waals surface area contributed by atoms with Gasteiger partial charge in [0.25, 0.3) is 0 Å². The normalized spacial score (nSPS) is 26.6. The minimum atomic E-state index is -0.771. The standard InChI is InChI=1S/C9H9BrO3S/c10-6-2-4-14-8(6)7-5(9(11)12)1-3-13-7/h2,4-5,7H,1,3H2,(H,11,12). The number of rotatable bonds is 2. The Morgan fingerprint density at radius 2 is 2.50 bits per heavy atom. The summed E-state index contributed by atoms with van der Waals surface area (Å²) in [5, 5.41) is 10.9. The van der Waals surface area contributed by atoms with Gasteiger partial charge in [-0.1, -0.05) is 0 Å². The van der Waals surface area contributed by atoms with E-state index in [-0.39, 0.29) is 6.10 Å². The van der Waals surface area contributed by atoms with Crippen LogP contribution in [0.1, 0.15) is 17.4 Å². The molecule has 0 bridgehead atoms. The maximum atomic E-state index is 10.9. The van der Waals surface area contributed by atoms with Crippen molar-refractivity contribution in [1.29, 1.82) is 0 Å². The molecule has 0 radical (unpaired) electrons. The molecule has 0 spiro atoms. The van der Waals surface area contributed by atoms with Crippen molar-refractivity contribution >= 4 is 33.2 Å². The van der Waals surface area contributed by atoms with E-state index in [1.54, 1.807) is 0 Å². The van der Waals surface area contributed by atoms with Crippen LogP contribution < -0.4 is 0 Å². The van der Waals surface area contributed by atoms with Crippen LogP contribution in [0.2, 0.25) is 0 Å². The maximum absolute atomic E-state index is 10.9. The van der Waals surface area contributed by atoms with Crippen LogP contribution in [0.4, 0.5) is 0 Å². The number of carbonyl (C=O) groups is 1. The summed E-state index contributed by atoms with van der Waals surface area (Å²) in [4.78, 5) is 11.9. The Hall–Kier alpha value is -0.390. The zero-order valence-electron chi connectivity index (χ0n) is 7.27. The summed E-state index contributed by atoms with van der Waals surface area (Å²) in [6, 6.07) is 1.92. The van der Waals surface area contributed by atoms with Gasteiger partial charge in [0, 0.05) is 16.0 Å². The molecule has 0 saturated carbocycles. The van der Waals surface area contributed by atoms with E-state index in [0.29, 0.717) is 13.0 Å². The summed E-state index contributed by atoms with van der Waals surface area (Å²) in [6.07, 6.45) is 0.325. The van der Waals surface area contributed by atoms with E-state index in [0.717, 1.165) is 9.35 Å². The van der Waals surface area contributed by atoms with Gasteiger partial charge in [0.05, 0.1) is 5.92 Å². The first-order chi connectivity index (χ1) is 6.70. The average Bonchev–Trinajstić information content (AvgIpc) is 2.70. The lowest BCUT2D eigenvalue weighted by Crippen LogP contribution is -2.16. The third kappa shape index (κ3) is 1.71. The van der Waals surface area contributed by atoms with Gasteiger partial charge >= 0.3 is 5.97 Å². The third-order valence-corrected chi connectivity index (χ3v) is 4.24. The van der Waals surface area contributed by atoms with Gasteiger partial charge in [-0.2, -0.15) is 0 Å². The molecule has 0 aliphatic carbocycles. The molecule has 76 valence electrons. The fraction of sp³-hybridized carbons (Fsp3) is 0.444. The smallest absolute Gasteiger partial charge is 0.309 e. The molecule has 1 aromatic heterocycles. The number of carboxylic acid groups (broad SMARTS) is 1. The van der Waals surface area contributed by atoms with Crippen LogP contribution in [0, 0.1) is 5.92 Å². The summed E-state index contributed by atoms with van der Waals surface area (Å²) in [6.45, 7) is 0.534. The topological polar surface area (TPSA) is 46.5 Å². The lowest BCUT2D eigenvalue weighted by atomic mass is 10.0.